The lowest BCUT2D eigenvalue weighted by atomic mass is 9.67. The van der Waals surface area contributed by atoms with Crippen LogP contribution in [0.3, 0.4) is 0 Å². The van der Waals surface area contributed by atoms with Gasteiger partial charge < -0.3 is 11.1 Å². The molecule has 0 spiro atoms. The third-order valence-corrected chi connectivity index (χ3v) is 3.76. The van der Waals surface area contributed by atoms with Crippen molar-refractivity contribution in [2.24, 2.45) is 11.1 Å². The molecule has 0 aliphatic carbocycles. The topological polar surface area (TPSA) is 38.0 Å². The summed E-state index contributed by atoms with van der Waals surface area (Å²) >= 11 is 0. The first-order chi connectivity index (χ1) is 6.63. The molecule has 0 saturated carbocycles. The number of hydrogen-bond acceptors (Lipinski definition) is 2. The van der Waals surface area contributed by atoms with Crippen LogP contribution in [0.5, 0.6) is 0 Å². The Morgan fingerprint density at radius 3 is 2.86 bits per heavy atom. The molecule has 0 aromatic heterocycles. The first-order valence-corrected chi connectivity index (χ1v) is 5.73. The van der Waals surface area contributed by atoms with Crippen molar-refractivity contribution in [2.75, 3.05) is 13.1 Å². The smallest absolute Gasteiger partial charge is 0.0132 e. The predicted molar refractivity (Wildman–Crippen MR) is 62.2 cm³/mol. The molecule has 0 aromatic carbocycles. The number of nitrogens with one attached hydrogen (secondary N) is 1. The van der Waals surface area contributed by atoms with Crippen LogP contribution in [0.1, 0.15) is 39.5 Å². The molecule has 0 amide bonds. The number of rotatable bonds is 4. The van der Waals surface area contributed by atoms with Gasteiger partial charge in [0.2, 0.25) is 0 Å². The Bertz CT molecular complexity index is 200. The Morgan fingerprint density at radius 2 is 2.36 bits per heavy atom. The third kappa shape index (κ3) is 2.18. The summed E-state index contributed by atoms with van der Waals surface area (Å²) in [7, 11) is 0. The number of hydrogen-bond donors (Lipinski definition) is 2. The fourth-order valence-corrected chi connectivity index (χ4v) is 2.69. The Kier molecular flexibility index (Phi) is 4.14. The van der Waals surface area contributed by atoms with Gasteiger partial charge in [0.1, 0.15) is 0 Å². The molecule has 0 bridgehead atoms. The lowest BCUT2D eigenvalue weighted by Gasteiger charge is -2.44. The van der Waals surface area contributed by atoms with Crippen molar-refractivity contribution >= 4 is 0 Å². The van der Waals surface area contributed by atoms with Gasteiger partial charge in [0, 0.05) is 11.5 Å². The molecule has 2 atom stereocenters. The summed E-state index contributed by atoms with van der Waals surface area (Å²) in [5, 5.41) is 3.56. The Labute approximate surface area is 87.9 Å². The highest BCUT2D eigenvalue weighted by Crippen LogP contribution is 2.41. The van der Waals surface area contributed by atoms with Crippen molar-refractivity contribution in [3.63, 3.8) is 0 Å². The monoisotopic (exact) mass is 196 g/mol. The van der Waals surface area contributed by atoms with Crippen LogP contribution >= 0.6 is 0 Å². The minimum Gasteiger partial charge on any atom is -0.330 e. The summed E-state index contributed by atoms with van der Waals surface area (Å²) < 4.78 is 0. The third-order valence-electron chi connectivity index (χ3n) is 3.76. The van der Waals surface area contributed by atoms with E-state index in [9.17, 15) is 0 Å². The summed E-state index contributed by atoms with van der Waals surface area (Å²) in [5.41, 5.74) is 7.23. The van der Waals surface area contributed by atoms with E-state index >= 15 is 0 Å². The fourth-order valence-electron chi connectivity index (χ4n) is 2.69. The van der Waals surface area contributed by atoms with E-state index in [4.69, 9.17) is 5.73 Å². The summed E-state index contributed by atoms with van der Waals surface area (Å²) in [6.07, 6.45) is 4.84. The van der Waals surface area contributed by atoms with Gasteiger partial charge in [-0.15, -0.1) is 0 Å². The SMILES string of the molecule is C=C(C)C1(CCCN)CCCNC1C. The first-order valence-electron chi connectivity index (χ1n) is 5.73. The lowest BCUT2D eigenvalue weighted by molar-refractivity contribution is 0.173. The molecule has 1 aliphatic rings. The summed E-state index contributed by atoms with van der Waals surface area (Å²) in [6.45, 7) is 10.6. The van der Waals surface area contributed by atoms with Gasteiger partial charge in [0.25, 0.3) is 0 Å². The standard InChI is InChI=1S/C12H24N2/c1-10(2)12(6-4-8-13)7-5-9-14-11(12)3/h11,14H,1,4-9,13H2,2-3H3. The largest absolute Gasteiger partial charge is 0.330 e. The van der Waals surface area contributed by atoms with Gasteiger partial charge in [0.05, 0.1) is 0 Å². The molecule has 14 heavy (non-hydrogen) atoms. The average Bonchev–Trinajstić information content (AvgIpc) is 2.16. The van der Waals surface area contributed by atoms with Crippen LogP contribution in [-0.2, 0) is 0 Å². The second kappa shape index (κ2) is 4.94. The van der Waals surface area contributed by atoms with E-state index in [0.29, 0.717) is 11.5 Å². The zero-order chi connectivity index (χ0) is 10.6. The van der Waals surface area contributed by atoms with Crippen LogP contribution in [0.25, 0.3) is 0 Å². The van der Waals surface area contributed by atoms with Crippen LogP contribution in [0.2, 0.25) is 0 Å². The maximum Gasteiger partial charge on any atom is 0.0132 e. The van der Waals surface area contributed by atoms with E-state index in [1.165, 1.54) is 24.8 Å². The summed E-state index contributed by atoms with van der Waals surface area (Å²) in [4.78, 5) is 0. The molecule has 1 rings (SSSR count). The molecule has 1 heterocycles. The Balaban J connectivity index is 2.72. The zero-order valence-corrected chi connectivity index (χ0v) is 9.60. The van der Waals surface area contributed by atoms with Crippen molar-refractivity contribution in [3.05, 3.63) is 12.2 Å². The van der Waals surface area contributed by atoms with Crippen molar-refractivity contribution in [2.45, 2.75) is 45.6 Å². The highest BCUT2D eigenvalue weighted by molar-refractivity contribution is 5.13. The minimum absolute atomic E-state index is 0.303. The van der Waals surface area contributed by atoms with E-state index in [-0.39, 0.29) is 0 Å². The van der Waals surface area contributed by atoms with E-state index in [1.807, 2.05) is 0 Å². The molecule has 0 aromatic rings. The molecule has 1 aliphatic heterocycles. The predicted octanol–water partition coefficient (Wildman–Crippen LogP) is 2.06. The van der Waals surface area contributed by atoms with E-state index in [0.717, 1.165) is 19.5 Å². The number of piperidine rings is 1. The molecular formula is C12H24N2. The van der Waals surface area contributed by atoms with Crippen molar-refractivity contribution in [1.82, 2.24) is 5.32 Å². The number of nitrogens with two attached hydrogens (primary N) is 1. The van der Waals surface area contributed by atoms with E-state index in [1.54, 1.807) is 0 Å². The highest BCUT2D eigenvalue weighted by atomic mass is 14.9. The molecule has 2 nitrogen and oxygen atoms in total. The molecule has 3 N–H and O–H groups in total. The first kappa shape index (κ1) is 11.7. The van der Waals surface area contributed by atoms with Crippen LogP contribution in [0.15, 0.2) is 12.2 Å². The summed E-state index contributed by atoms with van der Waals surface area (Å²) in [6, 6.07) is 0.556. The van der Waals surface area contributed by atoms with Gasteiger partial charge in [-0.05, 0) is 52.6 Å². The Morgan fingerprint density at radius 1 is 1.64 bits per heavy atom. The average molecular weight is 196 g/mol. The Hall–Kier alpha value is -0.340. The lowest BCUT2D eigenvalue weighted by Crippen LogP contribution is -2.48. The second-order valence-corrected chi connectivity index (χ2v) is 4.61. The minimum atomic E-state index is 0.303. The normalized spacial score (nSPS) is 32.9. The van der Waals surface area contributed by atoms with Gasteiger partial charge in [-0.1, -0.05) is 12.2 Å². The van der Waals surface area contributed by atoms with E-state index < -0.39 is 0 Å². The maximum atomic E-state index is 5.60. The highest BCUT2D eigenvalue weighted by Gasteiger charge is 2.37. The molecule has 82 valence electrons. The zero-order valence-electron chi connectivity index (χ0n) is 9.60. The van der Waals surface area contributed by atoms with Crippen LogP contribution in [0.4, 0.5) is 0 Å². The molecule has 1 fully saturated rings. The van der Waals surface area contributed by atoms with Crippen LogP contribution in [-0.4, -0.2) is 19.1 Å². The molecule has 2 heteroatoms. The second-order valence-electron chi connectivity index (χ2n) is 4.61. The van der Waals surface area contributed by atoms with Gasteiger partial charge in [-0.2, -0.15) is 0 Å². The quantitative estimate of drug-likeness (QED) is 0.675. The maximum absolute atomic E-state index is 5.60. The van der Waals surface area contributed by atoms with Gasteiger partial charge in [0.15, 0.2) is 0 Å². The van der Waals surface area contributed by atoms with Gasteiger partial charge in [-0.3, -0.25) is 0 Å². The van der Waals surface area contributed by atoms with E-state index in [2.05, 4.69) is 25.7 Å². The molecule has 2 unspecified atom stereocenters. The van der Waals surface area contributed by atoms with Crippen molar-refractivity contribution in [3.8, 4) is 0 Å². The molecule has 1 saturated heterocycles. The summed E-state index contributed by atoms with van der Waals surface area (Å²) in [5.74, 6) is 0. The van der Waals surface area contributed by atoms with Crippen LogP contribution in [0, 0.1) is 5.41 Å². The molecular weight excluding hydrogens is 172 g/mol. The van der Waals surface area contributed by atoms with Crippen molar-refractivity contribution < 1.29 is 0 Å². The fraction of sp³-hybridized carbons (Fsp3) is 0.833. The molecule has 0 radical (unpaired) electrons. The van der Waals surface area contributed by atoms with Crippen LogP contribution < -0.4 is 11.1 Å². The van der Waals surface area contributed by atoms with Gasteiger partial charge in [-0.25, -0.2) is 0 Å². The van der Waals surface area contributed by atoms with Crippen molar-refractivity contribution in [1.29, 1.82) is 0 Å². The van der Waals surface area contributed by atoms with Gasteiger partial charge >= 0.3 is 0 Å².